The van der Waals surface area contributed by atoms with E-state index in [1.54, 1.807) is 6.33 Å². The summed E-state index contributed by atoms with van der Waals surface area (Å²) in [6.45, 7) is 1.99. The van der Waals surface area contributed by atoms with Crippen molar-refractivity contribution in [1.29, 1.82) is 0 Å². The highest BCUT2D eigenvalue weighted by molar-refractivity contribution is 8.00. The molecule has 5 nitrogen and oxygen atoms in total. The van der Waals surface area contributed by atoms with Crippen molar-refractivity contribution in [2.75, 3.05) is 5.75 Å². The molecule has 3 aromatic heterocycles. The minimum Gasteiger partial charge on any atom is -0.341 e. The third-order valence-electron chi connectivity index (χ3n) is 2.54. The summed E-state index contributed by atoms with van der Waals surface area (Å²) in [5.74, 6) is 0.486. The molecule has 0 atom stereocenters. The maximum Gasteiger partial charge on any atom is 0.183 e. The van der Waals surface area contributed by atoms with Crippen LogP contribution in [0.5, 0.6) is 0 Å². The van der Waals surface area contributed by atoms with E-state index in [0.29, 0.717) is 11.4 Å². The Hall–Kier alpha value is -1.73. The van der Waals surface area contributed by atoms with Gasteiger partial charge in [0.2, 0.25) is 0 Å². The maximum atomic E-state index is 12.0. The number of aromatic amines is 1. The zero-order valence-corrected chi connectivity index (χ0v) is 11.7. The van der Waals surface area contributed by atoms with Gasteiger partial charge in [0.1, 0.15) is 16.9 Å². The van der Waals surface area contributed by atoms with Gasteiger partial charge in [-0.05, 0) is 19.1 Å². The first-order valence-electron chi connectivity index (χ1n) is 5.60. The van der Waals surface area contributed by atoms with Crippen molar-refractivity contribution in [2.45, 2.75) is 11.9 Å². The van der Waals surface area contributed by atoms with E-state index in [0.717, 1.165) is 20.3 Å². The fourth-order valence-electron chi connectivity index (χ4n) is 1.64. The number of carbonyl (C=O) groups is 1. The van der Waals surface area contributed by atoms with Crippen LogP contribution in [0, 0.1) is 6.92 Å². The number of aryl methyl sites for hydroxylation is 1. The molecule has 0 fully saturated rings. The van der Waals surface area contributed by atoms with Crippen molar-refractivity contribution in [2.24, 2.45) is 0 Å². The van der Waals surface area contributed by atoms with Crippen LogP contribution in [0.2, 0.25) is 0 Å². The van der Waals surface area contributed by atoms with Gasteiger partial charge in [-0.3, -0.25) is 4.79 Å². The molecule has 3 heterocycles. The molecule has 3 rings (SSSR count). The van der Waals surface area contributed by atoms with Crippen molar-refractivity contribution in [1.82, 2.24) is 19.9 Å². The molecule has 0 saturated carbocycles. The largest absolute Gasteiger partial charge is 0.341 e. The first kappa shape index (κ1) is 12.3. The lowest BCUT2D eigenvalue weighted by atomic mass is 10.3. The number of Topliss-reactive ketones (excluding diaryl/α,β-unsaturated/α-hetero) is 1. The number of hydrogen-bond donors (Lipinski definition) is 1. The molecule has 7 heteroatoms. The van der Waals surface area contributed by atoms with Gasteiger partial charge in [0.05, 0.1) is 17.0 Å². The van der Waals surface area contributed by atoms with Crippen molar-refractivity contribution >= 4 is 40.0 Å². The molecule has 0 aromatic carbocycles. The summed E-state index contributed by atoms with van der Waals surface area (Å²) in [5.41, 5.74) is 1.40. The van der Waals surface area contributed by atoms with Gasteiger partial charge in [0, 0.05) is 4.88 Å². The topological polar surface area (TPSA) is 71.5 Å². The van der Waals surface area contributed by atoms with Gasteiger partial charge >= 0.3 is 0 Å². The average Bonchev–Trinajstić information content (AvgIpc) is 3.04. The van der Waals surface area contributed by atoms with Crippen LogP contribution >= 0.6 is 23.1 Å². The molecular weight excluding hydrogens is 280 g/mol. The lowest BCUT2D eigenvalue weighted by Gasteiger charge is -1.99. The zero-order valence-electron chi connectivity index (χ0n) is 10.1. The fraction of sp³-hybridized carbons (Fsp3) is 0.167. The van der Waals surface area contributed by atoms with E-state index in [9.17, 15) is 4.79 Å². The number of rotatable bonds is 4. The first-order chi connectivity index (χ1) is 9.24. The summed E-state index contributed by atoms with van der Waals surface area (Å²) in [7, 11) is 0. The number of nitrogens with zero attached hydrogens (tertiary/aromatic N) is 3. The molecule has 0 aliphatic heterocycles. The molecule has 0 aliphatic rings. The summed E-state index contributed by atoms with van der Waals surface area (Å²) in [5, 5.41) is 0.754. The van der Waals surface area contributed by atoms with Gasteiger partial charge in [-0.2, -0.15) is 0 Å². The van der Waals surface area contributed by atoms with Crippen LogP contribution in [0.1, 0.15) is 14.5 Å². The lowest BCUT2D eigenvalue weighted by molar-refractivity contribution is 0.102. The van der Waals surface area contributed by atoms with Crippen molar-refractivity contribution in [3.63, 3.8) is 0 Å². The second kappa shape index (κ2) is 5.10. The highest BCUT2D eigenvalue weighted by Gasteiger charge is 2.12. The number of thiophene rings is 1. The monoisotopic (exact) mass is 290 g/mol. The molecule has 0 aliphatic carbocycles. The standard InChI is InChI=1S/C12H10N4OS2/c1-7-2-3-9(19-7)8(17)4-18-12-10-11(14-5-13-10)15-6-16-12/h2-3,5-6H,4H2,1H3,(H,13,14,15,16). The number of aromatic nitrogens is 4. The van der Waals surface area contributed by atoms with E-state index in [1.807, 2.05) is 19.1 Å². The molecule has 0 amide bonds. The highest BCUT2D eigenvalue weighted by Crippen LogP contribution is 2.24. The Kier molecular flexibility index (Phi) is 3.31. The number of carbonyl (C=O) groups excluding carboxylic acids is 1. The number of imidazole rings is 1. The number of nitrogens with one attached hydrogen (secondary N) is 1. The predicted molar refractivity (Wildman–Crippen MR) is 75.8 cm³/mol. The van der Waals surface area contributed by atoms with Crippen LogP contribution in [0.4, 0.5) is 0 Å². The molecule has 0 unspecified atom stereocenters. The Morgan fingerprint density at radius 1 is 1.37 bits per heavy atom. The Labute approximate surface area is 117 Å². The first-order valence-corrected chi connectivity index (χ1v) is 7.41. The average molecular weight is 290 g/mol. The Balaban J connectivity index is 1.76. The van der Waals surface area contributed by atoms with E-state index in [1.165, 1.54) is 29.4 Å². The zero-order chi connectivity index (χ0) is 13.2. The van der Waals surface area contributed by atoms with Crippen LogP contribution in [0.25, 0.3) is 11.2 Å². The minimum absolute atomic E-state index is 0.120. The highest BCUT2D eigenvalue weighted by atomic mass is 32.2. The molecule has 3 aromatic rings. The van der Waals surface area contributed by atoms with Crippen molar-refractivity contribution in [3.8, 4) is 0 Å². The third kappa shape index (κ3) is 2.52. The quantitative estimate of drug-likeness (QED) is 0.454. The smallest absolute Gasteiger partial charge is 0.183 e. The number of fused-ring (bicyclic) bond motifs is 1. The second-order valence-corrected chi connectivity index (χ2v) is 6.15. The molecule has 96 valence electrons. The molecule has 0 bridgehead atoms. The number of ketones is 1. The summed E-state index contributed by atoms with van der Waals surface area (Å²) in [4.78, 5) is 29.2. The van der Waals surface area contributed by atoms with Crippen molar-refractivity contribution < 1.29 is 4.79 Å². The lowest BCUT2D eigenvalue weighted by Crippen LogP contribution is -2.00. The molecule has 1 N–H and O–H groups in total. The summed E-state index contributed by atoms with van der Waals surface area (Å²) in [6, 6.07) is 3.83. The SMILES string of the molecule is Cc1ccc(C(=O)CSc2ncnc3nc[nH]c23)s1. The van der Waals surface area contributed by atoms with Crippen LogP contribution in [0.3, 0.4) is 0 Å². The molecule has 0 spiro atoms. The summed E-state index contributed by atoms with van der Waals surface area (Å²) < 4.78 is 0. The maximum absolute atomic E-state index is 12.0. The van der Waals surface area contributed by atoms with Crippen LogP contribution in [-0.2, 0) is 0 Å². The molecule has 0 saturated heterocycles. The molecule has 0 radical (unpaired) electrons. The van der Waals surface area contributed by atoms with E-state index in [4.69, 9.17) is 0 Å². The van der Waals surface area contributed by atoms with Crippen LogP contribution in [-0.4, -0.2) is 31.5 Å². The Morgan fingerprint density at radius 2 is 2.26 bits per heavy atom. The van der Waals surface area contributed by atoms with Gasteiger partial charge in [-0.15, -0.1) is 11.3 Å². The number of H-pyrrole nitrogens is 1. The fourth-order valence-corrected chi connectivity index (χ4v) is 3.38. The summed E-state index contributed by atoms with van der Waals surface area (Å²) >= 11 is 2.92. The summed E-state index contributed by atoms with van der Waals surface area (Å²) in [6.07, 6.45) is 3.04. The minimum atomic E-state index is 0.120. The van der Waals surface area contributed by atoms with Gasteiger partial charge < -0.3 is 4.98 Å². The van der Waals surface area contributed by atoms with Crippen LogP contribution < -0.4 is 0 Å². The van der Waals surface area contributed by atoms with E-state index >= 15 is 0 Å². The molecular formula is C12H10N4OS2. The Bertz CT molecular complexity index is 734. The van der Waals surface area contributed by atoms with E-state index < -0.39 is 0 Å². The van der Waals surface area contributed by atoms with Crippen LogP contribution in [0.15, 0.2) is 29.8 Å². The van der Waals surface area contributed by atoms with Gasteiger partial charge in [-0.1, -0.05) is 11.8 Å². The third-order valence-corrected chi connectivity index (χ3v) is 4.57. The van der Waals surface area contributed by atoms with Gasteiger partial charge in [-0.25, -0.2) is 15.0 Å². The van der Waals surface area contributed by atoms with Gasteiger partial charge in [0.15, 0.2) is 11.4 Å². The Morgan fingerprint density at radius 3 is 3.05 bits per heavy atom. The predicted octanol–water partition coefficient (Wildman–Crippen LogP) is 2.70. The second-order valence-electron chi connectivity index (χ2n) is 3.90. The normalized spacial score (nSPS) is 11.0. The van der Waals surface area contributed by atoms with E-state index in [-0.39, 0.29) is 5.78 Å². The van der Waals surface area contributed by atoms with Gasteiger partial charge in [0.25, 0.3) is 0 Å². The molecule has 19 heavy (non-hydrogen) atoms. The van der Waals surface area contributed by atoms with Crippen molar-refractivity contribution in [3.05, 3.63) is 34.5 Å². The van der Waals surface area contributed by atoms with E-state index in [2.05, 4.69) is 19.9 Å². The number of hydrogen-bond acceptors (Lipinski definition) is 6. The number of thioether (sulfide) groups is 1.